The van der Waals surface area contributed by atoms with Crippen LogP contribution in [0.1, 0.15) is 25.7 Å². The molecule has 1 aromatic rings. The van der Waals surface area contributed by atoms with E-state index in [2.05, 4.69) is 9.88 Å². The molecule has 0 N–H and O–H groups in total. The number of hydrogen-bond donors (Lipinski definition) is 0. The van der Waals surface area contributed by atoms with Gasteiger partial charge in [-0.1, -0.05) is 6.07 Å². The molecule has 0 aromatic carbocycles. The maximum absolute atomic E-state index is 14.2. The van der Waals surface area contributed by atoms with Crippen molar-refractivity contribution in [1.82, 2.24) is 9.88 Å². The highest BCUT2D eigenvalue weighted by Gasteiger charge is 2.54. The number of carbonyl (C=O) groups is 1. The van der Waals surface area contributed by atoms with Crippen molar-refractivity contribution in [2.45, 2.75) is 31.4 Å². The predicted molar refractivity (Wildman–Crippen MR) is 88.6 cm³/mol. The van der Waals surface area contributed by atoms with E-state index in [1.54, 1.807) is 11.1 Å². The van der Waals surface area contributed by atoms with E-state index in [0.717, 1.165) is 31.7 Å². The summed E-state index contributed by atoms with van der Waals surface area (Å²) in [6.07, 6.45) is 4.46. The van der Waals surface area contributed by atoms with Crippen LogP contribution in [0.15, 0.2) is 24.4 Å². The van der Waals surface area contributed by atoms with E-state index in [4.69, 9.17) is 4.74 Å². The van der Waals surface area contributed by atoms with Crippen molar-refractivity contribution in [3.8, 4) is 0 Å². The van der Waals surface area contributed by atoms with Crippen molar-refractivity contribution in [3.63, 3.8) is 0 Å². The Morgan fingerprint density at radius 1 is 1.21 bits per heavy atom. The van der Waals surface area contributed by atoms with Crippen molar-refractivity contribution in [3.05, 3.63) is 24.4 Å². The smallest absolute Gasteiger partial charge is 0.260 e. The molecule has 3 aliphatic rings. The molecule has 3 fully saturated rings. The minimum Gasteiger partial charge on any atom is -0.379 e. The highest BCUT2D eigenvalue weighted by atomic mass is 19.1. The third kappa shape index (κ3) is 2.99. The van der Waals surface area contributed by atoms with Crippen LogP contribution in [0.4, 0.5) is 10.2 Å². The fourth-order valence-electron chi connectivity index (χ4n) is 3.96. The van der Waals surface area contributed by atoms with Gasteiger partial charge >= 0.3 is 0 Å². The lowest BCUT2D eigenvalue weighted by molar-refractivity contribution is -0.142. The Balaban J connectivity index is 1.52. The molecule has 1 unspecified atom stereocenters. The number of nitrogens with zero attached hydrogens (tertiary/aromatic N) is 3. The summed E-state index contributed by atoms with van der Waals surface area (Å²) < 4.78 is 20.1. The minimum atomic E-state index is -1.58. The Hall–Kier alpha value is -1.69. The van der Waals surface area contributed by atoms with E-state index in [-0.39, 0.29) is 11.3 Å². The molecule has 2 aliphatic heterocycles. The van der Waals surface area contributed by atoms with Crippen molar-refractivity contribution in [2.75, 3.05) is 44.3 Å². The Kier molecular flexibility index (Phi) is 3.95. The van der Waals surface area contributed by atoms with Crippen LogP contribution in [0.3, 0.4) is 0 Å². The maximum Gasteiger partial charge on any atom is 0.260 e. The van der Waals surface area contributed by atoms with Crippen LogP contribution < -0.4 is 4.90 Å². The molecule has 4 rings (SSSR count). The Morgan fingerprint density at radius 2 is 2.08 bits per heavy atom. The zero-order valence-corrected chi connectivity index (χ0v) is 13.9. The number of carbonyl (C=O) groups excluding carboxylic acids is 1. The van der Waals surface area contributed by atoms with Gasteiger partial charge in [0.2, 0.25) is 0 Å². The van der Waals surface area contributed by atoms with Crippen molar-refractivity contribution in [2.24, 2.45) is 5.41 Å². The molecule has 1 spiro atoms. The highest BCUT2D eigenvalue weighted by Crippen LogP contribution is 2.43. The quantitative estimate of drug-likeness (QED) is 0.831. The summed E-state index contributed by atoms with van der Waals surface area (Å²) in [6, 6.07) is 5.90. The minimum absolute atomic E-state index is 0.132. The number of ether oxygens (including phenoxy) is 1. The first-order chi connectivity index (χ1) is 11.6. The number of hydrogen-bond acceptors (Lipinski definition) is 4. The molecule has 2 saturated heterocycles. The van der Waals surface area contributed by atoms with Gasteiger partial charge in [0.15, 0.2) is 5.67 Å². The van der Waals surface area contributed by atoms with Crippen molar-refractivity contribution < 1.29 is 13.9 Å². The summed E-state index contributed by atoms with van der Waals surface area (Å²) in [4.78, 5) is 20.9. The number of pyridine rings is 1. The normalized spacial score (nSPS) is 29.4. The lowest BCUT2D eigenvalue weighted by Crippen LogP contribution is -2.54. The lowest BCUT2D eigenvalue weighted by atomic mass is 9.80. The molecule has 0 radical (unpaired) electrons. The van der Waals surface area contributed by atoms with E-state index in [0.29, 0.717) is 39.1 Å². The van der Waals surface area contributed by atoms with E-state index >= 15 is 0 Å². The van der Waals surface area contributed by atoms with Crippen LogP contribution in [0, 0.1) is 5.41 Å². The van der Waals surface area contributed by atoms with Gasteiger partial charge in [-0.25, -0.2) is 9.37 Å². The summed E-state index contributed by atoms with van der Waals surface area (Å²) in [6.45, 7) is 4.11. The van der Waals surface area contributed by atoms with Gasteiger partial charge in [-0.05, 0) is 37.8 Å². The molecule has 1 aliphatic carbocycles. The molecule has 0 bridgehead atoms. The topological polar surface area (TPSA) is 45.7 Å². The van der Waals surface area contributed by atoms with Crippen LogP contribution in [0.25, 0.3) is 0 Å². The second kappa shape index (κ2) is 5.99. The van der Waals surface area contributed by atoms with E-state index < -0.39 is 5.67 Å². The molecular formula is C18H24FN3O2. The number of alkyl halides is 1. The Bertz CT molecular complexity index is 608. The number of piperidine rings is 1. The fourth-order valence-corrected chi connectivity index (χ4v) is 3.96. The number of rotatable bonds is 2. The van der Waals surface area contributed by atoms with Gasteiger partial charge in [-0.3, -0.25) is 4.79 Å². The molecule has 3 heterocycles. The first kappa shape index (κ1) is 15.8. The lowest BCUT2D eigenvalue weighted by Gasteiger charge is -2.44. The molecule has 1 aromatic heterocycles. The second-order valence-electron chi connectivity index (χ2n) is 7.46. The molecule has 5 nitrogen and oxygen atoms in total. The summed E-state index contributed by atoms with van der Waals surface area (Å²) in [5.41, 5.74) is -1.71. The number of amides is 1. The van der Waals surface area contributed by atoms with Crippen molar-refractivity contribution >= 4 is 11.7 Å². The average molecular weight is 333 g/mol. The summed E-state index contributed by atoms with van der Waals surface area (Å²) >= 11 is 0. The first-order valence-electron chi connectivity index (χ1n) is 8.82. The number of aromatic nitrogens is 1. The highest BCUT2D eigenvalue weighted by molar-refractivity contribution is 5.88. The van der Waals surface area contributed by atoms with E-state index in [1.807, 2.05) is 18.2 Å². The number of halogens is 1. The molecule has 1 amide bonds. The second-order valence-corrected chi connectivity index (χ2v) is 7.46. The fraction of sp³-hybridized carbons (Fsp3) is 0.667. The molecule has 130 valence electrons. The Labute approximate surface area is 141 Å². The van der Waals surface area contributed by atoms with Crippen LogP contribution in [-0.4, -0.2) is 60.9 Å². The predicted octanol–water partition coefficient (Wildman–Crippen LogP) is 2.03. The number of likely N-dealkylation sites (tertiary alicyclic amines) is 1. The summed E-state index contributed by atoms with van der Waals surface area (Å²) in [5.74, 6) is 0.630. The Morgan fingerprint density at radius 3 is 2.83 bits per heavy atom. The largest absolute Gasteiger partial charge is 0.379 e. The van der Waals surface area contributed by atoms with Gasteiger partial charge < -0.3 is 14.5 Å². The van der Waals surface area contributed by atoms with Crippen molar-refractivity contribution in [1.29, 1.82) is 0 Å². The molecule has 6 heteroatoms. The van der Waals surface area contributed by atoms with Crippen LogP contribution in [0.2, 0.25) is 0 Å². The standard InChI is InChI=1S/C18H24FN3O2/c19-18(6-7-18)16(23)22-9-3-5-17(13-22)12-21(10-11-24-14-17)15-4-1-2-8-20-15/h1-2,4,8H,3,5-7,9-14H2. The van der Waals surface area contributed by atoms with Crippen LogP contribution in [0.5, 0.6) is 0 Å². The van der Waals surface area contributed by atoms with Crippen LogP contribution in [-0.2, 0) is 9.53 Å². The van der Waals surface area contributed by atoms with Gasteiger partial charge in [0.05, 0.1) is 13.2 Å². The van der Waals surface area contributed by atoms with E-state index in [1.165, 1.54) is 0 Å². The zero-order valence-electron chi connectivity index (χ0n) is 13.9. The third-order valence-electron chi connectivity index (χ3n) is 5.43. The zero-order chi connectivity index (χ0) is 16.6. The van der Waals surface area contributed by atoms with Gasteiger partial charge in [0.25, 0.3) is 5.91 Å². The third-order valence-corrected chi connectivity index (χ3v) is 5.43. The van der Waals surface area contributed by atoms with Crippen LogP contribution >= 0.6 is 0 Å². The molecule has 1 saturated carbocycles. The van der Waals surface area contributed by atoms with Gasteiger partial charge in [0.1, 0.15) is 5.82 Å². The summed E-state index contributed by atoms with van der Waals surface area (Å²) in [5, 5.41) is 0. The molecule has 24 heavy (non-hydrogen) atoms. The SMILES string of the molecule is O=C(N1CCCC2(COCCN(c3ccccn3)C2)C1)C1(F)CC1. The van der Waals surface area contributed by atoms with E-state index in [9.17, 15) is 9.18 Å². The average Bonchev–Trinajstić information content (AvgIpc) is 3.39. The van der Waals surface area contributed by atoms with Gasteiger partial charge in [-0.2, -0.15) is 0 Å². The van der Waals surface area contributed by atoms with Gasteiger partial charge in [-0.15, -0.1) is 0 Å². The monoisotopic (exact) mass is 333 g/mol. The number of anilines is 1. The van der Waals surface area contributed by atoms with Gasteiger partial charge in [0, 0.05) is 37.8 Å². The molecule has 1 atom stereocenters. The maximum atomic E-state index is 14.2. The first-order valence-corrected chi connectivity index (χ1v) is 8.82. The molecular weight excluding hydrogens is 309 g/mol. The summed E-state index contributed by atoms with van der Waals surface area (Å²) in [7, 11) is 0.